The number of carbonyl (C=O) groups excluding carboxylic acids is 3. The van der Waals surface area contributed by atoms with Crippen LogP contribution in [-0.2, 0) is 14.4 Å². The lowest BCUT2D eigenvalue weighted by Crippen LogP contribution is -2.47. The van der Waals surface area contributed by atoms with Crippen LogP contribution in [-0.4, -0.2) is 48.8 Å². The number of benzene rings is 1. The van der Waals surface area contributed by atoms with Crippen LogP contribution in [0.3, 0.4) is 0 Å². The van der Waals surface area contributed by atoms with Crippen LogP contribution >= 0.6 is 0 Å². The van der Waals surface area contributed by atoms with E-state index < -0.39 is 0 Å². The first kappa shape index (κ1) is 19.4. The summed E-state index contributed by atoms with van der Waals surface area (Å²) < 4.78 is 0. The molecule has 2 aliphatic heterocycles. The molecule has 0 aromatic heterocycles. The van der Waals surface area contributed by atoms with Gasteiger partial charge >= 0.3 is 0 Å². The molecule has 6 nitrogen and oxygen atoms in total. The van der Waals surface area contributed by atoms with Crippen molar-refractivity contribution in [3.05, 3.63) is 29.3 Å². The van der Waals surface area contributed by atoms with E-state index in [1.807, 2.05) is 39.0 Å². The van der Waals surface area contributed by atoms with E-state index in [0.29, 0.717) is 26.2 Å². The Kier molecular flexibility index (Phi) is 5.82. The number of piperidine rings is 1. The van der Waals surface area contributed by atoms with Crippen molar-refractivity contribution in [1.82, 2.24) is 10.2 Å². The molecular formula is C21H29N3O3. The maximum Gasteiger partial charge on any atom is 0.228 e. The summed E-state index contributed by atoms with van der Waals surface area (Å²) in [5.41, 5.74) is 3.11. The smallest absolute Gasteiger partial charge is 0.228 e. The maximum absolute atomic E-state index is 13.0. The van der Waals surface area contributed by atoms with Crippen molar-refractivity contribution >= 4 is 23.4 Å². The topological polar surface area (TPSA) is 69.7 Å². The first-order valence-corrected chi connectivity index (χ1v) is 9.85. The van der Waals surface area contributed by atoms with Gasteiger partial charge in [0.2, 0.25) is 17.7 Å². The number of nitrogens with one attached hydrogen (secondary N) is 1. The molecule has 0 saturated carbocycles. The molecule has 2 fully saturated rings. The minimum Gasteiger partial charge on any atom is -0.356 e. The van der Waals surface area contributed by atoms with Crippen molar-refractivity contribution in [2.45, 2.75) is 40.0 Å². The molecule has 0 spiro atoms. The fourth-order valence-corrected chi connectivity index (χ4v) is 4.10. The molecule has 1 N–H and O–H groups in total. The second kappa shape index (κ2) is 8.11. The highest BCUT2D eigenvalue weighted by atomic mass is 16.2. The van der Waals surface area contributed by atoms with E-state index in [1.54, 1.807) is 9.80 Å². The number of rotatable bonds is 4. The molecule has 0 bridgehead atoms. The van der Waals surface area contributed by atoms with Crippen molar-refractivity contribution in [3.63, 3.8) is 0 Å². The molecule has 6 heteroatoms. The van der Waals surface area contributed by atoms with Crippen molar-refractivity contribution in [1.29, 1.82) is 0 Å². The zero-order valence-electron chi connectivity index (χ0n) is 16.5. The van der Waals surface area contributed by atoms with Crippen LogP contribution in [0, 0.1) is 25.7 Å². The third-order valence-electron chi connectivity index (χ3n) is 5.80. The molecule has 3 rings (SSSR count). The second-order valence-corrected chi connectivity index (χ2v) is 7.64. The van der Waals surface area contributed by atoms with Crippen molar-refractivity contribution < 1.29 is 14.4 Å². The lowest BCUT2D eigenvalue weighted by Gasteiger charge is -2.33. The molecule has 2 atom stereocenters. The fraction of sp³-hybridized carbons (Fsp3) is 0.571. The van der Waals surface area contributed by atoms with E-state index in [4.69, 9.17) is 0 Å². The molecule has 0 radical (unpaired) electrons. The molecule has 0 aliphatic carbocycles. The number of carbonyl (C=O) groups is 3. The maximum atomic E-state index is 13.0. The van der Waals surface area contributed by atoms with Gasteiger partial charge in [-0.25, -0.2) is 0 Å². The zero-order valence-corrected chi connectivity index (χ0v) is 16.5. The molecule has 2 aliphatic rings. The molecule has 27 heavy (non-hydrogen) atoms. The quantitative estimate of drug-likeness (QED) is 0.880. The molecule has 2 unspecified atom stereocenters. The predicted octanol–water partition coefficient (Wildman–Crippen LogP) is 2.03. The van der Waals surface area contributed by atoms with Gasteiger partial charge in [0.25, 0.3) is 0 Å². The van der Waals surface area contributed by atoms with Gasteiger partial charge in [-0.05, 0) is 50.8 Å². The Morgan fingerprint density at radius 1 is 1.19 bits per heavy atom. The Balaban J connectivity index is 1.68. The van der Waals surface area contributed by atoms with Crippen LogP contribution in [0.15, 0.2) is 18.2 Å². The fourth-order valence-electron chi connectivity index (χ4n) is 4.10. The van der Waals surface area contributed by atoms with Crippen LogP contribution in [0.2, 0.25) is 0 Å². The lowest BCUT2D eigenvalue weighted by molar-refractivity contribution is -0.139. The normalized spacial score (nSPS) is 22.9. The Hall–Kier alpha value is -2.37. The van der Waals surface area contributed by atoms with E-state index >= 15 is 0 Å². The zero-order chi connectivity index (χ0) is 19.6. The van der Waals surface area contributed by atoms with Crippen LogP contribution in [0.4, 0.5) is 5.69 Å². The van der Waals surface area contributed by atoms with Gasteiger partial charge in [0.05, 0.1) is 11.8 Å². The van der Waals surface area contributed by atoms with Crippen molar-refractivity contribution in [3.8, 4) is 0 Å². The highest BCUT2D eigenvalue weighted by molar-refractivity contribution is 6.01. The lowest BCUT2D eigenvalue weighted by atomic mass is 9.95. The van der Waals surface area contributed by atoms with Crippen LogP contribution < -0.4 is 10.2 Å². The number of anilines is 1. The molecule has 2 heterocycles. The average Bonchev–Trinajstić information content (AvgIpc) is 3.05. The molecule has 1 aromatic carbocycles. The highest BCUT2D eigenvalue weighted by Crippen LogP contribution is 2.31. The Labute approximate surface area is 160 Å². The van der Waals surface area contributed by atoms with E-state index in [0.717, 1.165) is 29.7 Å². The first-order valence-electron chi connectivity index (χ1n) is 9.85. The third-order valence-corrected chi connectivity index (χ3v) is 5.80. The Morgan fingerprint density at radius 2 is 1.96 bits per heavy atom. The molecular weight excluding hydrogens is 342 g/mol. The van der Waals surface area contributed by atoms with Crippen LogP contribution in [0.5, 0.6) is 0 Å². The van der Waals surface area contributed by atoms with E-state index in [2.05, 4.69) is 5.32 Å². The summed E-state index contributed by atoms with van der Waals surface area (Å²) in [4.78, 5) is 41.3. The number of hydrogen-bond acceptors (Lipinski definition) is 3. The first-order chi connectivity index (χ1) is 12.9. The SMILES string of the molecule is CCNC(=O)C1CCCN(C(=O)C2CC(=O)N(c3cccc(C)c3C)C2)C1. The minimum absolute atomic E-state index is 0.000615. The molecule has 1 aromatic rings. The molecule has 3 amide bonds. The van der Waals surface area contributed by atoms with E-state index in [-0.39, 0.29) is 36.0 Å². The standard InChI is InChI=1S/C21H29N3O3/c1-4-22-20(26)16-8-6-10-23(12-16)21(27)17-11-19(25)24(13-17)18-9-5-7-14(2)15(18)3/h5,7,9,16-17H,4,6,8,10-13H2,1-3H3,(H,22,26). The largest absolute Gasteiger partial charge is 0.356 e. The molecule has 2 saturated heterocycles. The summed E-state index contributed by atoms with van der Waals surface area (Å²) in [6, 6.07) is 5.91. The molecule has 146 valence electrons. The summed E-state index contributed by atoms with van der Waals surface area (Å²) in [5, 5.41) is 2.85. The Bertz CT molecular complexity index is 746. The minimum atomic E-state index is -0.328. The summed E-state index contributed by atoms with van der Waals surface area (Å²) >= 11 is 0. The van der Waals surface area contributed by atoms with Crippen LogP contribution in [0.25, 0.3) is 0 Å². The van der Waals surface area contributed by atoms with Crippen LogP contribution in [0.1, 0.15) is 37.3 Å². The van der Waals surface area contributed by atoms with Gasteiger partial charge in [0, 0.05) is 38.3 Å². The number of likely N-dealkylation sites (tertiary alicyclic amines) is 1. The third kappa shape index (κ3) is 3.99. The van der Waals surface area contributed by atoms with Gasteiger partial charge < -0.3 is 15.1 Å². The second-order valence-electron chi connectivity index (χ2n) is 7.64. The summed E-state index contributed by atoms with van der Waals surface area (Å²) in [6.45, 7) is 8.08. The van der Waals surface area contributed by atoms with E-state index in [9.17, 15) is 14.4 Å². The monoisotopic (exact) mass is 371 g/mol. The van der Waals surface area contributed by atoms with Gasteiger partial charge in [-0.1, -0.05) is 12.1 Å². The van der Waals surface area contributed by atoms with Gasteiger partial charge in [-0.3, -0.25) is 14.4 Å². The average molecular weight is 371 g/mol. The number of nitrogens with zero attached hydrogens (tertiary/aromatic N) is 2. The van der Waals surface area contributed by atoms with Gasteiger partial charge in [0.1, 0.15) is 0 Å². The van der Waals surface area contributed by atoms with Gasteiger partial charge in [-0.2, -0.15) is 0 Å². The number of hydrogen-bond donors (Lipinski definition) is 1. The van der Waals surface area contributed by atoms with Gasteiger partial charge in [0.15, 0.2) is 0 Å². The van der Waals surface area contributed by atoms with Gasteiger partial charge in [-0.15, -0.1) is 0 Å². The number of aryl methyl sites for hydroxylation is 1. The van der Waals surface area contributed by atoms with Crippen molar-refractivity contribution in [2.75, 3.05) is 31.1 Å². The van der Waals surface area contributed by atoms with Crippen molar-refractivity contribution in [2.24, 2.45) is 11.8 Å². The van der Waals surface area contributed by atoms with E-state index in [1.165, 1.54) is 0 Å². The number of amides is 3. The summed E-state index contributed by atoms with van der Waals surface area (Å²) in [5.74, 6) is -0.445. The predicted molar refractivity (Wildman–Crippen MR) is 104 cm³/mol. The summed E-state index contributed by atoms with van der Waals surface area (Å²) in [7, 11) is 0. The summed E-state index contributed by atoms with van der Waals surface area (Å²) in [6.07, 6.45) is 1.89. The Morgan fingerprint density at radius 3 is 2.70 bits per heavy atom. The highest BCUT2D eigenvalue weighted by Gasteiger charge is 2.39.